The highest BCUT2D eigenvalue weighted by Crippen LogP contribution is 2.76. The van der Waals surface area contributed by atoms with E-state index in [-0.39, 0.29) is 47.2 Å². The van der Waals surface area contributed by atoms with Crippen LogP contribution in [0.1, 0.15) is 113 Å². The van der Waals surface area contributed by atoms with E-state index in [0.29, 0.717) is 57.8 Å². The monoisotopic (exact) mass is 1210 g/mol. The zero-order valence-corrected chi connectivity index (χ0v) is 49.0. The van der Waals surface area contributed by atoms with Crippen LogP contribution < -0.4 is 0 Å². The van der Waals surface area contributed by atoms with Crippen LogP contribution in [0, 0.1) is 50.2 Å². The van der Waals surface area contributed by atoms with Gasteiger partial charge in [-0.15, -0.1) is 0 Å². The molecule has 5 heterocycles. The van der Waals surface area contributed by atoms with E-state index in [2.05, 4.69) is 40.7 Å². The predicted molar refractivity (Wildman–Crippen MR) is 283 cm³/mol. The van der Waals surface area contributed by atoms with Crippen molar-refractivity contribution in [3.8, 4) is 0 Å². The van der Waals surface area contributed by atoms with E-state index in [1.54, 1.807) is 0 Å². The molecule has 0 radical (unpaired) electrons. The molecule has 84 heavy (non-hydrogen) atoms. The highest BCUT2D eigenvalue weighted by Gasteiger charge is 2.71. The van der Waals surface area contributed by atoms with Gasteiger partial charge in [0.1, 0.15) is 97.7 Å². The van der Waals surface area contributed by atoms with Crippen molar-refractivity contribution in [1.82, 2.24) is 0 Å². The van der Waals surface area contributed by atoms with Gasteiger partial charge in [-0.25, -0.2) is 0 Å². The standard InChI is InChI=1S/C58H94O26/c1-24-34(64)44(81-47-41(71)35(65)27(62)21-75-47)43(73)49(77-24)82-45-36(66)28(63)22-76-50(45)80-33-11-12-54(4)31(55(33,5)23-61)10-13-57(7)32(54)9-8-25-26-18-53(2,3)14-16-58(26,17-15-56(25,57)6)52(74)84-51-46(40(70)38(68)30(20-60)79-51)83-48-42(72)39(69)37(67)29(19-59)78-48/h8,24,26-51,59-73H,9-23H2,1-7H3/t24-,26+,27-,28-,29+,30+,31-,32+,33+,34-,35-,36-,37+,38+,39-,40-,41+,42+,43+,44+,45+,46+,47-,48-,49-,50-,51-,54+,55-,56+,57+,58-/m0/s1. The number of hydrogen-bond acceptors (Lipinski definition) is 26. The van der Waals surface area contributed by atoms with E-state index in [1.807, 2.05) is 6.92 Å². The fourth-order valence-corrected chi connectivity index (χ4v) is 17.4. The van der Waals surface area contributed by atoms with Gasteiger partial charge < -0.3 is 124 Å². The number of ether oxygens (including phenoxy) is 10. The maximum Gasteiger partial charge on any atom is 0.315 e. The van der Waals surface area contributed by atoms with Crippen molar-refractivity contribution < 1.29 is 129 Å². The molecule has 4 saturated carbocycles. The molecular formula is C58H94O26. The van der Waals surface area contributed by atoms with Gasteiger partial charge in [0.2, 0.25) is 6.29 Å². The van der Waals surface area contributed by atoms with Crippen molar-refractivity contribution in [3.63, 3.8) is 0 Å². The molecule has 26 heteroatoms. The Morgan fingerprint density at radius 2 is 1.12 bits per heavy atom. The van der Waals surface area contributed by atoms with Crippen LogP contribution in [0.3, 0.4) is 0 Å². The Bertz CT molecular complexity index is 2330. The van der Waals surface area contributed by atoms with Gasteiger partial charge in [0.15, 0.2) is 31.3 Å². The number of fused-ring (bicyclic) bond motifs is 7. The van der Waals surface area contributed by atoms with Gasteiger partial charge in [0, 0.05) is 5.41 Å². The molecule has 0 aromatic heterocycles. The number of carbonyl (C=O) groups is 1. The molecule has 482 valence electrons. The van der Waals surface area contributed by atoms with Crippen molar-refractivity contribution in [2.75, 3.05) is 33.0 Å². The molecule has 9 fully saturated rings. The summed E-state index contributed by atoms with van der Waals surface area (Å²) in [5.74, 6) is -0.960. The van der Waals surface area contributed by atoms with Crippen LogP contribution in [0.15, 0.2) is 11.6 Å². The molecule has 0 aromatic rings. The lowest BCUT2D eigenvalue weighted by Crippen LogP contribution is -2.67. The molecule has 0 unspecified atom stereocenters. The summed E-state index contributed by atoms with van der Waals surface area (Å²) in [6.07, 6.45) is -29.3. The number of allylic oxidation sites excluding steroid dienone is 2. The normalized spacial score (nSPS) is 54.9. The summed E-state index contributed by atoms with van der Waals surface area (Å²) in [7, 11) is 0. The minimum atomic E-state index is -1.90. The maximum atomic E-state index is 15.4. The van der Waals surface area contributed by atoms with Gasteiger partial charge >= 0.3 is 5.97 Å². The van der Waals surface area contributed by atoms with Crippen LogP contribution in [-0.2, 0) is 52.2 Å². The van der Waals surface area contributed by atoms with Crippen molar-refractivity contribution in [2.45, 2.75) is 260 Å². The van der Waals surface area contributed by atoms with E-state index in [1.165, 1.54) is 6.92 Å². The quantitative estimate of drug-likeness (QED) is 0.0499. The summed E-state index contributed by atoms with van der Waals surface area (Å²) in [4.78, 5) is 15.4. The summed E-state index contributed by atoms with van der Waals surface area (Å²) in [6, 6.07) is 0. The third kappa shape index (κ3) is 10.8. The summed E-state index contributed by atoms with van der Waals surface area (Å²) in [5.41, 5.74) is -2.13. The largest absolute Gasteiger partial charge is 0.432 e. The topological polar surface area (TPSA) is 413 Å². The van der Waals surface area contributed by atoms with Crippen molar-refractivity contribution in [3.05, 3.63) is 11.6 Å². The number of esters is 1. The predicted octanol–water partition coefficient (Wildman–Crippen LogP) is -2.93. The van der Waals surface area contributed by atoms with E-state index in [0.717, 1.165) is 12.0 Å². The number of hydrogen-bond donors (Lipinski definition) is 15. The molecule has 0 spiro atoms. The fraction of sp³-hybridized carbons (Fsp3) is 0.948. The lowest BCUT2D eigenvalue weighted by atomic mass is 9.33. The SMILES string of the molecule is C[C@@H]1O[C@@H](O[C@H]2[C@H](O[C@@H]3CC[C@]4(C)[C@H](CC[C@]5(C)[C@@H]4CC=C4[C@H]6CC(C)(C)CC[C@]6(C(=O)O[C@@H]6O[C@H](CO)[C@@H](O)[C@H](O)[C@H]6O[C@@H]6O[C@H](CO)[C@@H](O)[C@H](O)[C@H]6O)CC[C@]45C)[C@]3(C)CO)OC[C@H](O)[C@@H]2O)[C@H](O)[C@H](O[C@@H]2OC[C@H](O)[C@H](O)[C@H]2O)[C@H]1O. The Hall–Kier alpha value is -1.75. The number of aliphatic hydroxyl groups excluding tert-OH is 15. The fourth-order valence-electron chi connectivity index (χ4n) is 17.4. The molecule has 0 bridgehead atoms. The lowest BCUT2D eigenvalue weighted by Gasteiger charge is -2.71. The van der Waals surface area contributed by atoms with Gasteiger partial charge in [-0.3, -0.25) is 4.79 Å². The Morgan fingerprint density at radius 1 is 0.548 bits per heavy atom. The first kappa shape index (κ1) is 65.2. The highest BCUT2D eigenvalue weighted by molar-refractivity contribution is 5.79. The second-order valence-electron chi connectivity index (χ2n) is 28.0. The maximum absolute atomic E-state index is 15.4. The second kappa shape index (κ2) is 24.1. The van der Waals surface area contributed by atoms with Gasteiger partial charge in [-0.2, -0.15) is 0 Å². The summed E-state index contributed by atoms with van der Waals surface area (Å²) in [5, 5.41) is 162. The van der Waals surface area contributed by atoms with Crippen LogP contribution in [0.25, 0.3) is 0 Å². The van der Waals surface area contributed by atoms with Crippen molar-refractivity contribution in [2.24, 2.45) is 50.2 Å². The molecule has 0 aromatic carbocycles. The van der Waals surface area contributed by atoms with Gasteiger partial charge in [0.05, 0.1) is 50.7 Å². The molecule has 26 nitrogen and oxygen atoms in total. The Labute approximate surface area is 488 Å². The zero-order chi connectivity index (χ0) is 61.1. The molecule has 0 amide bonds. The number of carbonyl (C=O) groups excluding carboxylic acids is 1. The lowest BCUT2D eigenvalue weighted by molar-refractivity contribution is -0.379. The molecule has 5 aliphatic carbocycles. The third-order valence-electron chi connectivity index (χ3n) is 22.9. The van der Waals surface area contributed by atoms with E-state index < -0.39 is 189 Å². The van der Waals surface area contributed by atoms with Crippen LogP contribution in [0.4, 0.5) is 0 Å². The Kier molecular flexibility index (Phi) is 18.7. The first-order valence-corrected chi connectivity index (χ1v) is 30.2. The van der Waals surface area contributed by atoms with E-state index >= 15 is 4.79 Å². The van der Waals surface area contributed by atoms with Gasteiger partial charge in [-0.05, 0) is 111 Å². The molecule has 5 saturated heterocycles. The third-order valence-corrected chi connectivity index (χ3v) is 22.9. The molecule has 10 rings (SSSR count). The van der Waals surface area contributed by atoms with E-state index in [4.69, 9.17) is 47.4 Å². The summed E-state index contributed by atoms with van der Waals surface area (Å²) < 4.78 is 60.0. The average molecular weight is 1210 g/mol. The molecule has 15 N–H and O–H groups in total. The number of aliphatic hydroxyl groups is 15. The second-order valence-corrected chi connectivity index (χ2v) is 28.0. The minimum Gasteiger partial charge on any atom is -0.432 e. The number of rotatable bonds is 13. The van der Waals surface area contributed by atoms with Crippen molar-refractivity contribution in [1.29, 1.82) is 0 Å². The van der Waals surface area contributed by atoms with Crippen molar-refractivity contribution >= 4 is 5.97 Å². The minimum absolute atomic E-state index is 0.0875. The summed E-state index contributed by atoms with van der Waals surface area (Å²) in [6.45, 7) is 12.3. The van der Waals surface area contributed by atoms with Crippen LogP contribution in [-0.4, -0.2) is 263 Å². The first-order chi connectivity index (χ1) is 39.4. The molecule has 5 aliphatic heterocycles. The molecule has 10 aliphatic rings. The zero-order valence-electron chi connectivity index (χ0n) is 49.0. The summed E-state index contributed by atoms with van der Waals surface area (Å²) >= 11 is 0. The van der Waals surface area contributed by atoms with Gasteiger partial charge in [-0.1, -0.05) is 53.2 Å². The molecule has 32 atom stereocenters. The van der Waals surface area contributed by atoms with Gasteiger partial charge in [0.25, 0.3) is 0 Å². The Balaban J connectivity index is 0.878. The average Bonchev–Trinajstić information content (AvgIpc) is 1.08. The first-order valence-electron chi connectivity index (χ1n) is 30.2. The van der Waals surface area contributed by atoms with E-state index in [9.17, 15) is 76.6 Å². The van der Waals surface area contributed by atoms with Crippen LogP contribution in [0.5, 0.6) is 0 Å². The highest BCUT2D eigenvalue weighted by atomic mass is 16.8. The molecular weight excluding hydrogens is 1110 g/mol. The Morgan fingerprint density at radius 3 is 1.77 bits per heavy atom. The smallest absolute Gasteiger partial charge is 0.315 e. The van der Waals surface area contributed by atoms with Crippen LogP contribution in [0.2, 0.25) is 0 Å². The van der Waals surface area contributed by atoms with Crippen LogP contribution >= 0.6 is 0 Å².